The van der Waals surface area contributed by atoms with E-state index in [1.165, 1.54) is 216 Å². The first-order valence-electron chi connectivity index (χ1n) is 46.3. The maximum Gasteiger partial charge on any atom is 0.138 e. The van der Waals surface area contributed by atoms with E-state index in [1.54, 1.807) is 0 Å². The molecule has 9 heterocycles. The van der Waals surface area contributed by atoms with Crippen LogP contribution in [0.3, 0.4) is 0 Å². The van der Waals surface area contributed by atoms with Gasteiger partial charge in [0.2, 0.25) is 0 Å². The molecule has 27 rings (SSSR count). The number of hydrogen-bond donors (Lipinski definition) is 0. The zero-order valence-electron chi connectivity index (χ0n) is 79.9. The van der Waals surface area contributed by atoms with Gasteiger partial charge in [0.05, 0.1) is 0 Å². The molecule has 0 aliphatic heterocycles. The van der Waals surface area contributed by atoms with Gasteiger partial charge in [0.15, 0.2) is 0 Å². The largest absolute Gasteiger partial charge is 0.456 e. The Labute approximate surface area is 794 Å². The fraction of sp³-hybridized carbons (Fsp3) is 0.143. The molecule has 18 aromatic carbocycles. The Balaban J connectivity index is 0.0000000975. The standard InChI is InChI=1S/7C14H12O.2C14H12S/c1-9-5-4-8-12-13(9)11-7-3-6-10(2)14(11)15-12;1-9-3-5-11-12-6-4-10(2)8-14(12)15-13(11)7-9;1-9-5-3-7-11-13(9)14-10(2)6-4-8-12(14)15-11;1-9-6-7-12-11(8-9)14-10(2)4-3-5-13(14)15-12;1-9-6-7-11-13(8-9)15-12-5-3-4-10(2)14(11)12;1-9-6-7-11-12-5-3-4-10(2)14(12)15-13(11)8-9;1-9-6-7-13-12(8-9)11-5-3-4-10(2)14(11)15-13;1-9-3-5-11-12-6-4-10(2)8-14(12)15-13(11)7-9;1-9-5-3-7-11-12-8-4-6-10(2)14(12)15-13(9)11/h9*3-8H,1-2H3. The van der Waals surface area contributed by atoms with Gasteiger partial charge in [0, 0.05) is 116 Å². The fourth-order valence-electron chi connectivity index (χ4n) is 18.8. The number of thiophene rings is 2. The van der Waals surface area contributed by atoms with Crippen LogP contribution in [0.2, 0.25) is 0 Å². The normalized spacial score (nSPS) is 11.3. The Bertz CT molecular complexity index is 8750. The number of para-hydroxylation sites is 3. The smallest absolute Gasteiger partial charge is 0.138 e. The molecule has 0 atom stereocenters. The highest BCUT2D eigenvalue weighted by molar-refractivity contribution is 7.26. The van der Waals surface area contributed by atoms with Crippen molar-refractivity contribution in [3.63, 3.8) is 0 Å². The first kappa shape index (κ1) is 89.2. The lowest BCUT2D eigenvalue weighted by Crippen LogP contribution is -1.76. The Morgan fingerprint density at radius 3 is 0.844 bits per heavy atom. The van der Waals surface area contributed by atoms with Crippen molar-refractivity contribution in [2.45, 2.75) is 125 Å². The predicted octanol–water partition coefficient (Wildman–Crippen LogP) is 38.8. The minimum atomic E-state index is 0.977. The first-order valence-corrected chi connectivity index (χ1v) is 47.9. The number of aryl methyl sites for hydroxylation is 18. The maximum atomic E-state index is 5.86. The van der Waals surface area contributed by atoms with Gasteiger partial charge in [-0.1, -0.05) is 248 Å². The van der Waals surface area contributed by atoms with Crippen molar-refractivity contribution < 1.29 is 30.9 Å². The minimum absolute atomic E-state index is 0.977. The highest BCUT2D eigenvalue weighted by Crippen LogP contribution is 2.42. The van der Waals surface area contributed by atoms with Crippen LogP contribution >= 0.6 is 22.7 Å². The van der Waals surface area contributed by atoms with Crippen LogP contribution in [-0.4, -0.2) is 0 Å². The molecule has 0 amide bonds. The lowest BCUT2D eigenvalue weighted by atomic mass is 10.0. The highest BCUT2D eigenvalue weighted by atomic mass is 32.1. The van der Waals surface area contributed by atoms with Crippen LogP contribution < -0.4 is 0 Å². The molecule has 0 bridgehead atoms. The lowest BCUT2D eigenvalue weighted by Gasteiger charge is -1.97. The number of rotatable bonds is 0. The van der Waals surface area contributed by atoms with E-state index in [-0.39, 0.29) is 0 Å². The molecule has 0 spiro atoms. The van der Waals surface area contributed by atoms with E-state index in [2.05, 4.69) is 379 Å². The van der Waals surface area contributed by atoms with Crippen molar-refractivity contribution in [1.29, 1.82) is 0 Å². The number of hydrogen-bond acceptors (Lipinski definition) is 9. The molecule has 7 nitrogen and oxygen atoms in total. The zero-order chi connectivity index (χ0) is 93.7. The molecule has 0 aliphatic carbocycles. The molecule has 0 saturated carbocycles. The molecule has 9 aromatic heterocycles. The summed E-state index contributed by atoms with van der Waals surface area (Å²) in [6.07, 6.45) is 0. The molecule has 0 saturated heterocycles. The first-order chi connectivity index (χ1) is 65.3. The van der Waals surface area contributed by atoms with Crippen LogP contribution in [0.25, 0.3) is 194 Å². The SMILES string of the molecule is Cc1ccc2c(c1)oc1c(C)cccc12.Cc1ccc2c(c1)oc1cc(C)ccc12.Cc1ccc2c(c1)oc1cccc(C)c12.Cc1ccc2c(c1)sc1cc(C)ccc12.Cc1ccc2oc3c(C)cccc3c2c1.Cc1ccc2oc3cccc(C)c3c2c1.Cc1cccc2c1oc1cccc(C)c12.Cc1cccc2c1sc1c(C)cccc12.Cc1cccc2oc3cccc(C)c3c12. The fourth-order valence-corrected chi connectivity index (χ4v) is 21.3. The summed E-state index contributed by atoms with van der Waals surface area (Å²) in [5, 5.41) is 22.8. The van der Waals surface area contributed by atoms with E-state index in [1.807, 2.05) is 95.5 Å². The van der Waals surface area contributed by atoms with Crippen LogP contribution in [0, 0.1) is 125 Å². The molecule has 0 N–H and O–H groups in total. The average Bonchev–Trinajstić information content (AvgIpc) is 2.34. The lowest BCUT2D eigenvalue weighted by molar-refractivity contribution is 0.665. The topological polar surface area (TPSA) is 92.0 Å². The van der Waals surface area contributed by atoms with Crippen LogP contribution in [0.1, 0.15) is 100 Å². The molecule has 0 unspecified atom stereocenters. The molecule has 27 aromatic rings. The van der Waals surface area contributed by atoms with E-state index >= 15 is 0 Å². The summed E-state index contributed by atoms with van der Waals surface area (Å²) in [7, 11) is 0. The van der Waals surface area contributed by atoms with Gasteiger partial charge in [0.1, 0.15) is 78.2 Å². The van der Waals surface area contributed by atoms with E-state index in [0.29, 0.717) is 0 Å². The number of benzene rings is 18. The summed E-state index contributed by atoms with van der Waals surface area (Å²) in [5.41, 5.74) is 36.7. The quantitative estimate of drug-likeness (QED) is 0.149. The second-order valence-electron chi connectivity index (χ2n) is 36.4. The second kappa shape index (κ2) is 37.6. The second-order valence-corrected chi connectivity index (χ2v) is 38.5. The van der Waals surface area contributed by atoms with Gasteiger partial charge < -0.3 is 30.9 Å². The Kier molecular flexibility index (Phi) is 24.8. The van der Waals surface area contributed by atoms with Crippen LogP contribution in [-0.2, 0) is 0 Å². The molecule has 666 valence electrons. The van der Waals surface area contributed by atoms with Crippen LogP contribution in [0.4, 0.5) is 0 Å². The van der Waals surface area contributed by atoms with Gasteiger partial charge in [0.25, 0.3) is 0 Å². The summed E-state index contributed by atoms with van der Waals surface area (Å²) in [6.45, 7) is 38.1. The average molecular weight is 1800 g/mol. The van der Waals surface area contributed by atoms with Crippen LogP contribution in [0.5, 0.6) is 0 Å². The maximum absolute atomic E-state index is 5.86. The summed E-state index contributed by atoms with van der Waals surface area (Å²) < 4.78 is 46.5. The van der Waals surface area contributed by atoms with E-state index in [9.17, 15) is 0 Å². The van der Waals surface area contributed by atoms with Gasteiger partial charge in [-0.2, -0.15) is 0 Å². The third-order valence-electron chi connectivity index (χ3n) is 25.8. The number of fused-ring (bicyclic) bond motifs is 27. The molecule has 0 aliphatic rings. The van der Waals surface area contributed by atoms with Crippen molar-refractivity contribution in [3.05, 3.63) is 428 Å². The van der Waals surface area contributed by atoms with Crippen LogP contribution in [0.15, 0.2) is 359 Å². The molecule has 0 fully saturated rings. The third kappa shape index (κ3) is 18.0. The van der Waals surface area contributed by atoms with Crippen molar-refractivity contribution >= 4 is 217 Å². The Hall–Kier alpha value is -15.0. The van der Waals surface area contributed by atoms with Gasteiger partial charge in [-0.25, -0.2) is 0 Å². The van der Waals surface area contributed by atoms with Gasteiger partial charge >= 0.3 is 0 Å². The van der Waals surface area contributed by atoms with Crippen molar-refractivity contribution in [2.24, 2.45) is 0 Å². The summed E-state index contributed by atoms with van der Waals surface area (Å²) in [6, 6.07) is 114. The van der Waals surface area contributed by atoms with Gasteiger partial charge in [-0.05, 0) is 305 Å². The van der Waals surface area contributed by atoms with E-state index < -0.39 is 0 Å². The summed E-state index contributed by atoms with van der Waals surface area (Å²) >= 11 is 3.80. The van der Waals surface area contributed by atoms with E-state index in [4.69, 9.17) is 30.9 Å². The van der Waals surface area contributed by atoms with Crippen molar-refractivity contribution in [3.8, 4) is 0 Å². The van der Waals surface area contributed by atoms with Crippen molar-refractivity contribution in [1.82, 2.24) is 0 Å². The Morgan fingerprint density at radius 2 is 0.393 bits per heavy atom. The molecular formula is C126H108O7S2. The summed E-state index contributed by atoms with van der Waals surface area (Å²) in [4.78, 5) is 0. The van der Waals surface area contributed by atoms with Gasteiger partial charge in [-0.3, -0.25) is 0 Å². The third-order valence-corrected chi connectivity index (χ3v) is 28.4. The molecule has 135 heavy (non-hydrogen) atoms. The highest BCUT2D eigenvalue weighted by Gasteiger charge is 2.18. The zero-order valence-corrected chi connectivity index (χ0v) is 81.5. The summed E-state index contributed by atoms with van der Waals surface area (Å²) in [5.74, 6) is 0. The minimum Gasteiger partial charge on any atom is -0.456 e. The van der Waals surface area contributed by atoms with E-state index in [0.717, 1.165) is 78.2 Å². The Morgan fingerprint density at radius 1 is 0.141 bits per heavy atom. The molecule has 9 heteroatoms. The predicted molar refractivity (Wildman–Crippen MR) is 580 cm³/mol. The number of furan rings is 7. The molecule has 0 radical (unpaired) electrons. The monoisotopic (exact) mass is 1800 g/mol. The van der Waals surface area contributed by atoms with Gasteiger partial charge in [-0.15, -0.1) is 22.7 Å². The van der Waals surface area contributed by atoms with Crippen molar-refractivity contribution in [2.75, 3.05) is 0 Å². The molecular weight excluding hydrogens is 1690 g/mol.